The van der Waals surface area contributed by atoms with Gasteiger partial charge >= 0.3 is 5.97 Å². The van der Waals surface area contributed by atoms with E-state index in [1.807, 2.05) is 10.7 Å². The van der Waals surface area contributed by atoms with Gasteiger partial charge in [0.25, 0.3) is 0 Å². The van der Waals surface area contributed by atoms with E-state index in [1.54, 1.807) is 19.2 Å². The highest BCUT2D eigenvalue weighted by Gasteiger charge is 2.38. The maximum atomic E-state index is 11.7. The normalized spacial score (nSPS) is 13.7. The van der Waals surface area contributed by atoms with E-state index < -0.39 is 8.32 Å². The van der Waals surface area contributed by atoms with Gasteiger partial charge in [0.2, 0.25) is 5.88 Å². The summed E-state index contributed by atoms with van der Waals surface area (Å²) < 4.78 is 18.6. The molecule has 0 radical (unpaired) electrons. The van der Waals surface area contributed by atoms with E-state index in [0.29, 0.717) is 23.5 Å². The van der Waals surface area contributed by atoms with Crippen molar-refractivity contribution in [3.8, 4) is 5.88 Å². The molecule has 0 aliphatic heterocycles. The number of hydrogen-bond donors (Lipinski definition) is 0. The highest BCUT2D eigenvalue weighted by atomic mass is 28.4. The predicted octanol–water partition coefficient (Wildman–Crippen LogP) is 4.24. The molecule has 1 heterocycles. The van der Waals surface area contributed by atoms with Crippen molar-refractivity contribution in [3.63, 3.8) is 0 Å². The van der Waals surface area contributed by atoms with Gasteiger partial charge in [0.15, 0.2) is 8.32 Å². The van der Waals surface area contributed by atoms with E-state index in [9.17, 15) is 4.79 Å². The molecule has 0 aliphatic rings. The fourth-order valence-corrected chi connectivity index (χ4v) is 4.09. The number of carbonyl (C=O) groups is 1. The molecule has 0 aliphatic carbocycles. The Balaban J connectivity index is 2.30. The summed E-state index contributed by atoms with van der Waals surface area (Å²) in [5.74, 6) is 0.289. The van der Waals surface area contributed by atoms with Crippen LogP contribution in [0.25, 0.3) is 10.9 Å². The second-order valence-corrected chi connectivity index (χ2v) is 12.9. The second-order valence-electron chi connectivity index (χ2n) is 8.10. The van der Waals surface area contributed by atoms with E-state index >= 15 is 0 Å². The molecule has 1 atom stereocenters. The van der Waals surface area contributed by atoms with Crippen LogP contribution in [0.4, 0.5) is 0 Å². The van der Waals surface area contributed by atoms with Gasteiger partial charge in [-0.15, -0.1) is 0 Å². The molecule has 6 nitrogen and oxygen atoms in total. The molecule has 26 heavy (non-hydrogen) atoms. The number of methoxy groups -OCH3 is 2. The molecular formula is C19H30N2O4Si. The van der Waals surface area contributed by atoms with Crippen LogP contribution in [0.5, 0.6) is 5.88 Å². The summed E-state index contributed by atoms with van der Waals surface area (Å²) in [6, 6.07) is 5.28. The molecule has 1 aromatic carbocycles. The van der Waals surface area contributed by atoms with Gasteiger partial charge in [0, 0.05) is 0 Å². The van der Waals surface area contributed by atoms with Crippen LogP contribution in [0.1, 0.15) is 38.1 Å². The van der Waals surface area contributed by atoms with Crippen LogP contribution >= 0.6 is 0 Å². The summed E-state index contributed by atoms with van der Waals surface area (Å²) in [7, 11) is 1.13. The van der Waals surface area contributed by atoms with Crippen LogP contribution in [-0.2, 0) is 15.7 Å². The molecule has 0 fully saturated rings. The Morgan fingerprint density at radius 3 is 2.46 bits per heavy atom. The van der Waals surface area contributed by atoms with E-state index in [1.165, 1.54) is 7.11 Å². The van der Waals surface area contributed by atoms with Gasteiger partial charge < -0.3 is 13.9 Å². The fraction of sp³-hybridized carbons (Fsp3) is 0.579. The van der Waals surface area contributed by atoms with Gasteiger partial charge in [-0.2, -0.15) is 5.10 Å². The quantitative estimate of drug-likeness (QED) is 0.556. The molecule has 144 valence electrons. The lowest BCUT2D eigenvalue weighted by Crippen LogP contribution is -2.44. The number of carbonyl (C=O) groups excluding carboxylic acids is 1. The molecule has 0 saturated carbocycles. The summed E-state index contributed by atoms with van der Waals surface area (Å²) in [5.41, 5.74) is 1.17. The van der Waals surface area contributed by atoms with E-state index in [4.69, 9.17) is 13.9 Å². The molecule has 2 aromatic rings. The molecule has 0 bridgehead atoms. The molecular weight excluding hydrogens is 348 g/mol. The van der Waals surface area contributed by atoms with Crippen LogP contribution in [0.2, 0.25) is 18.1 Å². The third-order valence-electron chi connectivity index (χ3n) is 5.04. The van der Waals surface area contributed by atoms with Crippen LogP contribution in [0, 0.1) is 0 Å². The van der Waals surface area contributed by atoms with Crippen molar-refractivity contribution >= 4 is 25.2 Å². The van der Waals surface area contributed by atoms with Crippen molar-refractivity contribution in [1.82, 2.24) is 9.78 Å². The summed E-state index contributed by atoms with van der Waals surface area (Å²) in [6.45, 7) is 13.8. The second kappa shape index (κ2) is 7.40. The lowest BCUT2D eigenvalue weighted by Gasteiger charge is -2.38. The monoisotopic (exact) mass is 378 g/mol. The zero-order chi connectivity index (χ0) is 19.7. The fourth-order valence-electron chi connectivity index (χ4n) is 2.65. The Labute approximate surface area is 156 Å². The van der Waals surface area contributed by atoms with Gasteiger partial charge in [-0.25, -0.2) is 9.48 Å². The predicted molar refractivity (Wildman–Crippen MR) is 105 cm³/mol. The highest BCUT2D eigenvalue weighted by Crippen LogP contribution is 2.37. The average Bonchev–Trinajstić information content (AvgIpc) is 2.88. The van der Waals surface area contributed by atoms with E-state index in [2.05, 4.69) is 45.9 Å². The number of esters is 1. The van der Waals surface area contributed by atoms with E-state index in [-0.39, 0.29) is 17.1 Å². The molecule has 0 spiro atoms. The Hall–Kier alpha value is -1.86. The Morgan fingerprint density at radius 2 is 1.92 bits per heavy atom. The molecule has 1 aromatic heterocycles. The zero-order valence-corrected chi connectivity index (χ0v) is 18.0. The topological polar surface area (TPSA) is 62.6 Å². The number of rotatable bonds is 6. The van der Waals surface area contributed by atoms with Gasteiger partial charge in [0.1, 0.15) is 0 Å². The molecule has 2 rings (SSSR count). The largest absolute Gasteiger partial charge is 0.481 e. The third-order valence-corrected chi connectivity index (χ3v) is 9.64. The van der Waals surface area contributed by atoms with Crippen molar-refractivity contribution in [3.05, 3.63) is 23.8 Å². The van der Waals surface area contributed by atoms with Crippen molar-refractivity contribution in [1.29, 1.82) is 0 Å². The van der Waals surface area contributed by atoms with Crippen molar-refractivity contribution in [2.75, 3.05) is 14.2 Å². The molecule has 0 amide bonds. The van der Waals surface area contributed by atoms with E-state index in [0.717, 1.165) is 5.39 Å². The Morgan fingerprint density at radius 1 is 1.27 bits per heavy atom. The first kappa shape index (κ1) is 20.4. The third kappa shape index (κ3) is 4.10. The van der Waals surface area contributed by atoms with Crippen molar-refractivity contribution in [2.24, 2.45) is 0 Å². The first-order valence-electron chi connectivity index (χ1n) is 8.81. The number of nitrogens with zero attached hydrogens (tertiary/aromatic N) is 2. The van der Waals surface area contributed by atoms with Gasteiger partial charge in [-0.05, 0) is 43.3 Å². The van der Waals surface area contributed by atoms with Crippen LogP contribution in [0.15, 0.2) is 18.2 Å². The summed E-state index contributed by atoms with van der Waals surface area (Å²) in [5, 5.41) is 5.62. The smallest absolute Gasteiger partial charge is 0.337 e. The summed E-state index contributed by atoms with van der Waals surface area (Å²) in [6.07, 6.45) is -0.000758. The SMILES string of the molecule is COC(=O)c1ccc2c(OC)n(CC(C)O[Si](C)(C)C(C)(C)C)nc2c1. The van der Waals surface area contributed by atoms with Crippen LogP contribution in [0.3, 0.4) is 0 Å². The average molecular weight is 379 g/mol. The number of fused-ring (bicyclic) bond motifs is 1. The zero-order valence-electron chi connectivity index (χ0n) is 17.0. The van der Waals surface area contributed by atoms with Crippen LogP contribution < -0.4 is 4.74 Å². The minimum atomic E-state index is -1.86. The Kier molecular flexibility index (Phi) is 5.82. The number of aromatic nitrogens is 2. The maximum Gasteiger partial charge on any atom is 0.337 e. The minimum Gasteiger partial charge on any atom is -0.481 e. The first-order valence-corrected chi connectivity index (χ1v) is 11.7. The molecule has 0 saturated heterocycles. The lowest BCUT2D eigenvalue weighted by molar-refractivity contribution is 0.0601. The maximum absolute atomic E-state index is 11.7. The molecule has 7 heteroatoms. The Bertz CT molecular complexity index is 793. The number of ether oxygens (including phenoxy) is 2. The molecule has 1 unspecified atom stereocenters. The number of hydrogen-bond acceptors (Lipinski definition) is 5. The first-order chi connectivity index (χ1) is 12.0. The standard InChI is InChI=1S/C19H30N2O4Si/c1-13(25-26(7,8)19(2,3)4)12-21-17(23-5)15-10-9-14(18(22)24-6)11-16(15)20-21/h9-11,13H,12H2,1-8H3. The van der Waals surface area contributed by atoms with Gasteiger partial charge in [-0.3, -0.25) is 0 Å². The van der Waals surface area contributed by atoms with Gasteiger partial charge in [0.05, 0.1) is 43.3 Å². The lowest BCUT2D eigenvalue weighted by atomic mass is 10.1. The van der Waals surface area contributed by atoms with Gasteiger partial charge in [-0.1, -0.05) is 20.8 Å². The van der Waals surface area contributed by atoms with Crippen molar-refractivity contribution in [2.45, 2.75) is 58.5 Å². The van der Waals surface area contributed by atoms with Crippen LogP contribution in [-0.4, -0.2) is 44.4 Å². The molecule has 0 N–H and O–H groups in total. The summed E-state index contributed by atoms with van der Waals surface area (Å²) in [4.78, 5) is 11.7. The van der Waals surface area contributed by atoms with Crippen molar-refractivity contribution < 1.29 is 18.7 Å². The summed E-state index contributed by atoms with van der Waals surface area (Å²) >= 11 is 0. The minimum absolute atomic E-state index is 0.000758. The number of benzene rings is 1. The highest BCUT2D eigenvalue weighted by molar-refractivity contribution is 6.74.